The fourth-order valence-corrected chi connectivity index (χ4v) is 6.09. The Bertz CT molecular complexity index is 1310. The van der Waals surface area contributed by atoms with Crippen LogP contribution in [0.4, 0.5) is 5.13 Å². The molecule has 0 saturated heterocycles. The van der Waals surface area contributed by atoms with Crippen molar-refractivity contribution in [2.75, 3.05) is 45.3 Å². The first-order valence-electron chi connectivity index (χ1n) is 11.6. The third kappa shape index (κ3) is 5.59. The Morgan fingerprint density at radius 2 is 2.08 bits per heavy atom. The van der Waals surface area contributed by atoms with Crippen LogP contribution in [0.3, 0.4) is 0 Å². The van der Waals surface area contributed by atoms with E-state index in [1.54, 1.807) is 24.6 Å². The molecule has 5 rings (SSSR count). The maximum absolute atomic E-state index is 13.2. The maximum Gasteiger partial charge on any atom is 0.238 e. The summed E-state index contributed by atoms with van der Waals surface area (Å²) in [5, 5.41) is 7.83. The minimum atomic E-state index is -1.64. The number of rotatable bonds is 11. The van der Waals surface area contributed by atoms with Gasteiger partial charge in [-0.15, -0.1) is 11.3 Å². The standard InChI is InChI=1S/C25H27ClN4O4S2/c1-32-13-14-34-36(31)30-11-8-20-21-16-18(26)4-7-22(21)29-23(20)24(30)17-2-5-19(6-3-17)33-12-9-27-25-28-10-15-35-25/h2-7,10,15-16,24,29H,8-9,11-14H2,1H3,(H,27,28). The van der Waals surface area contributed by atoms with Gasteiger partial charge >= 0.3 is 0 Å². The first-order chi connectivity index (χ1) is 17.6. The molecular weight excluding hydrogens is 520 g/mol. The molecule has 4 aromatic rings. The van der Waals surface area contributed by atoms with E-state index in [4.69, 9.17) is 25.3 Å². The van der Waals surface area contributed by atoms with Crippen molar-refractivity contribution in [1.29, 1.82) is 0 Å². The molecule has 0 radical (unpaired) electrons. The van der Waals surface area contributed by atoms with Gasteiger partial charge in [-0.25, -0.2) is 9.19 Å². The molecule has 8 nitrogen and oxygen atoms in total. The summed E-state index contributed by atoms with van der Waals surface area (Å²) >= 11 is 6.22. The van der Waals surface area contributed by atoms with Crippen LogP contribution in [0.2, 0.25) is 5.02 Å². The van der Waals surface area contributed by atoms with Crippen molar-refractivity contribution < 1.29 is 17.9 Å². The van der Waals surface area contributed by atoms with Gasteiger partial charge in [0.1, 0.15) is 12.4 Å². The molecule has 2 N–H and O–H groups in total. The average Bonchev–Trinajstić information content (AvgIpc) is 3.54. The van der Waals surface area contributed by atoms with Crippen LogP contribution in [0.5, 0.6) is 5.75 Å². The van der Waals surface area contributed by atoms with E-state index in [9.17, 15) is 4.21 Å². The molecule has 0 fully saturated rings. The van der Waals surface area contributed by atoms with Gasteiger partial charge < -0.3 is 19.8 Å². The molecule has 0 amide bonds. The van der Waals surface area contributed by atoms with Crippen LogP contribution in [0.15, 0.2) is 54.0 Å². The number of ether oxygens (including phenoxy) is 2. The van der Waals surface area contributed by atoms with Crippen LogP contribution >= 0.6 is 22.9 Å². The first kappa shape index (κ1) is 25.2. The Balaban J connectivity index is 1.37. The fraction of sp³-hybridized carbons (Fsp3) is 0.320. The summed E-state index contributed by atoms with van der Waals surface area (Å²) < 4.78 is 31.6. The predicted molar refractivity (Wildman–Crippen MR) is 144 cm³/mol. The molecule has 2 atom stereocenters. The van der Waals surface area contributed by atoms with Gasteiger partial charge in [0.05, 0.1) is 25.8 Å². The van der Waals surface area contributed by atoms with Crippen molar-refractivity contribution >= 4 is 50.2 Å². The molecule has 190 valence electrons. The smallest absolute Gasteiger partial charge is 0.238 e. The van der Waals surface area contributed by atoms with Crippen LogP contribution in [0.25, 0.3) is 10.9 Å². The molecule has 0 spiro atoms. The highest BCUT2D eigenvalue weighted by molar-refractivity contribution is 7.77. The lowest BCUT2D eigenvalue weighted by Crippen LogP contribution is -2.38. The van der Waals surface area contributed by atoms with Crippen molar-refractivity contribution in [3.8, 4) is 5.75 Å². The third-order valence-electron chi connectivity index (χ3n) is 5.98. The van der Waals surface area contributed by atoms with Crippen LogP contribution in [0, 0.1) is 0 Å². The Hall–Kier alpha value is -2.47. The van der Waals surface area contributed by atoms with E-state index in [0.717, 1.165) is 39.5 Å². The minimum Gasteiger partial charge on any atom is -0.492 e. The van der Waals surface area contributed by atoms with Crippen LogP contribution in [-0.4, -0.2) is 58.5 Å². The van der Waals surface area contributed by atoms with E-state index < -0.39 is 11.3 Å². The van der Waals surface area contributed by atoms with Crippen LogP contribution in [0.1, 0.15) is 22.9 Å². The first-order valence-corrected chi connectivity index (χ1v) is 13.9. The number of aromatic amines is 1. The van der Waals surface area contributed by atoms with Gasteiger partial charge in [0.2, 0.25) is 11.3 Å². The van der Waals surface area contributed by atoms with E-state index >= 15 is 0 Å². The normalized spacial score (nSPS) is 16.7. The zero-order chi connectivity index (χ0) is 24.9. The molecular formula is C25H27ClN4O4S2. The zero-order valence-corrected chi connectivity index (χ0v) is 22.1. The summed E-state index contributed by atoms with van der Waals surface area (Å²) in [5.74, 6) is 0.767. The van der Waals surface area contributed by atoms with Crippen molar-refractivity contribution in [2.45, 2.75) is 12.5 Å². The number of methoxy groups -OCH3 is 1. The van der Waals surface area contributed by atoms with Gasteiger partial charge in [0.25, 0.3) is 0 Å². The highest BCUT2D eigenvalue weighted by Gasteiger charge is 2.35. The van der Waals surface area contributed by atoms with Gasteiger partial charge in [0, 0.05) is 46.9 Å². The lowest BCUT2D eigenvalue weighted by atomic mass is 9.94. The number of hydrogen-bond acceptors (Lipinski definition) is 7. The zero-order valence-electron chi connectivity index (χ0n) is 19.7. The van der Waals surface area contributed by atoms with Gasteiger partial charge in [-0.05, 0) is 47.9 Å². The fourth-order valence-electron chi connectivity index (χ4n) is 4.37. The number of benzene rings is 2. The second-order valence-corrected chi connectivity index (χ2v) is 10.7. The number of H-pyrrole nitrogens is 1. The van der Waals surface area contributed by atoms with E-state index in [2.05, 4.69) is 15.3 Å². The summed E-state index contributed by atoms with van der Waals surface area (Å²) in [7, 11) is 1.59. The second-order valence-electron chi connectivity index (χ2n) is 8.21. The number of halogens is 1. The van der Waals surface area contributed by atoms with Crippen molar-refractivity contribution in [3.05, 3.63) is 75.9 Å². The molecule has 2 aromatic heterocycles. The Morgan fingerprint density at radius 3 is 2.86 bits per heavy atom. The molecule has 0 aliphatic carbocycles. The Kier molecular flexibility index (Phi) is 8.20. The van der Waals surface area contributed by atoms with Gasteiger partial charge in [0.15, 0.2) is 5.13 Å². The van der Waals surface area contributed by atoms with Crippen molar-refractivity contribution in [3.63, 3.8) is 0 Å². The Labute approximate surface area is 221 Å². The number of hydrogen-bond donors (Lipinski definition) is 2. The van der Waals surface area contributed by atoms with Gasteiger partial charge in [-0.3, -0.25) is 4.18 Å². The third-order valence-corrected chi connectivity index (χ3v) is 8.09. The molecule has 2 unspecified atom stereocenters. The highest BCUT2D eigenvalue weighted by atomic mass is 35.5. The Morgan fingerprint density at radius 1 is 1.22 bits per heavy atom. The molecule has 1 aliphatic rings. The molecule has 0 bridgehead atoms. The summed E-state index contributed by atoms with van der Waals surface area (Å²) in [6.07, 6.45) is 2.50. The van der Waals surface area contributed by atoms with Crippen molar-refractivity contribution in [1.82, 2.24) is 14.3 Å². The topological polar surface area (TPSA) is 88.7 Å². The molecule has 36 heavy (non-hydrogen) atoms. The minimum absolute atomic E-state index is 0.253. The van der Waals surface area contributed by atoms with E-state index in [1.807, 2.05) is 52.1 Å². The van der Waals surface area contributed by atoms with Gasteiger partial charge in [-0.2, -0.15) is 4.31 Å². The summed E-state index contributed by atoms with van der Waals surface area (Å²) in [6.45, 7) is 2.38. The second kappa shape index (κ2) is 11.7. The molecule has 11 heteroatoms. The van der Waals surface area contributed by atoms with Gasteiger partial charge in [-0.1, -0.05) is 23.7 Å². The predicted octanol–water partition coefficient (Wildman–Crippen LogP) is 4.96. The number of aromatic nitrogens is 2. The maximum atomic E-state index is 13.2. The average molecular weight is 547 g/mol. The van der Waals surface area contributed by atoms with E-state index in [-0.39, 0.29) is 12.6 Å². The molecule has 2 aromatic carbocycles. The quantitative estimate of drug-likeness (QED) is 0.259. The number of thiazole rings is 1. The summed E-state index contributed by atoms with van der Waals surface area (Å²) in [6, 6.07) is 13.5. The molecule has 0 saturated carbocycles. The number of anilines is 1. The van der Waals surface area contributed by atoms with Crippen molar-refractivity contribution in [2.24, 2.45) is 0 Å². The van der Waals surface area contributed by atoms with E-state index in [0.29, 0.717) is 31.3 Å². The largest absolute Gasteiger partial charge is 0.492 e. The monoisotopic (exact) mass is 546 g/mol. The van der Waals surface area contributed by atoms with Crippen LogP contribution in [-0.2, 0) is 26.6 Å². The number of nitrogens with one attached hydrogen (secondary N) is 2. The summed E-state index contributed by atoms with van der Waals surface area (Å²) in [5.41, 5.74) is 4.19. The lowest BCUT2D eigenvalue weighted by Gasteiger charge is -2.34. The molecule has 1 aliphatic heterocycles. The highest BCUT2D eigenvalue weighted by Crippen LogP contribution is 2.40. The van der Waals surface area contributed by atoms with E-state index in [1.165, 1.54) is 5.56 Å². The van der Waals surface area contributed by atoms with Crippen LogP contribution < -0.4 is 10.1 Å². The molecule has 3 heterocycles. The lowest BCUT2D eigenvalue weighted by molar-refractivity contribution is 0.146. The summed E-state index contributed by atoms with van der Waals surface area (Å²) in [4.78, 5) is 7.76. The number of nitrogens with zero attached hydrogens (tertiary/aromatic N) is 2. The SMILES string of the molecule is COCCOS(=O)N1CCc2c([nH]c3ccc(Cl)cc23)C1c1ccc(OCCNc2nccs2)cc1. The number of fused-ring (bicyclic) bond motifs is 3.